The van der Waals surface area contributed by atoms with E-state index >= 15 is 0 Å². The highest BCUT2D eigenvalue weighted by molar-refractivity contribution is 8.00. The van der Waals surface area contributed by atoms with Crippen LogP contribution in [0.15, 0.2) is 18.2 Å². The first-order valence-corrected chi connectivity index (χ1v) is 10.2. The number of benzene rings is 1. The summed E-state index contributed by atoms with van der Waals surface area (Å²) in [5.74, 6) is 1.27. The van der Waals surface area contributed by atoms with E-state index in [0.29, 0.717) is 11.3 Å². The summed E-state index contributed by atoms with van der Waals surface area (Å²) >= 11 is 2.07. The van der Waals surface area contributed by atoms with Gasteiger partial charge in [-0.15, -0.1) is 0 Å². The van der Waals surface area contributed by atoms with E-state index in [9.17, 15) is 4.79 Å². The first-order chi connectivity index (χ1) is 11.8. The van der Waals surface area contributed by atoms with Crippen molar-refractivity contribution in [2.45, 2.75) is 63.9 Å². The minimum absolute atomic E-state index is 0.239. The number of amides is 1. The van der Waals surface area contributed by atoms with Crippen molar-refractivity contribution in [3.63, 3.8) is 0 Å². The number of hydrogen-bond donors (Lipinski definition) is 1. The maximum absolute atomic E-state index is 12.6. The molecule has 3 rings (SSSR count). The molecule has 0 spiro atoms. The number of fused-ring (bicyclic) bond motifs is 1. The number of ether oxygens (including phenoxy) is 1. The summed E-state index contributed by atoms with van der Waals surface area (Å²) in [6.07, 6.45) is 3.25. The molecule has 1 atom stereocenters. The summed E-state index contributed by atoms with van der Waals surface area (Å²) in [5, 5.41) is 3.62. The molecule has 1 aromatic carbocycles. The number of hydrogen-bond acceptors (Lipinski definition) is 4. The summed E-state index contributed by atoms with van der Waals surface area (Å²) < 4.78 is 5.95. The first-order valence-electron chi connectivity index (χ1n) is 9.23. The molecule has 5 heteroatoms. The van der Waals surface area contributed by atoms with Gasteiger partial charge in [-0.1, -0.05) is 18.2 Å². The van der Waals surface area contributed by atoms with Gasteiger partial charge < -0.3 is 10.1 Å². The lowest BCUT2D eigenvalue weighted by molar-refractivity contribution is 0.0583. The molecule has 1 fully saturated rings. The van der Waals surface area contributed by atoms with E-state index in [1.54, 1.807) is 0 Å². The Balaban J connectivity index is 1.70. The number of para-hydroxylation sites is 1. The van der Waals surface area contributed by atoms with Crippen molar-refractivity contribution < 1.29 is 9.53 Å². The van der Waals surface area contributed by atoms with Gasteiger partial charge >= 0.3 is 6.09 Å². The molecule has 4 nitrogen and oxygen atoms in total. The molecule has 0 aliphatic carbocycles. The molecule has 1 saturated heterocycles. The molecular weight excluding hydrogens is 332 g/mol. The minimum atomic E-state index is -0.471. The first kappa shape index (κ1) is 18.6. The van der Waals surface area contributed by atoms with Crippen molar-refractivity contribution in [3.8, 4) is 0 Å². The van der Waals surface area contributed by atoms with Crippen LogP contribution in [0.4, 0.5) is 10.5 Å². The van der Waals surface area contributed by atoms with E-state index < -0.39 is 5.60 Å². The second-order valence-electron chi connectivity index (χ2n) is 8.31. The third-order valence-corrected chi connectivity index (χ3v) is 6.34. The van der Waals surface area contributed by atoms with Crippen molar-refractivity contribution >= 4 is 23.5 Å². The Morgan fingerprint density at radius 2 is 2.20 bits per heavy atom. The van der Waals surface area contributed by atoms with Gasteiger partial charge in [0.05, 0.1) is 5.69 Å². The van der Waals surface area contributed by atoms with E-state index in [2.05, 4.69) is 42.2 Å². The molecule has 0 radical (unpaired) electrons. The van der Waals surface area contributed by atoms with E-state index in [-0.39, 0.29) is 6.09 Å². The molecule has 0 saturated carbocycles. The summed E-state index contributed by atoms with van der Waals surface area (Å²) in [6.45, 7) is 10.6. The van der Waals surface area contributed by atoms with E-state index in [1.165, 1.54) is 29.7 Å². The largest absolute Gasteiger partial charge is 0.443 e. The average Bonchev–Trinajstić information content (AvgIpc) is 3.12. The van der Waals surface area contributed by atoms with Crippen molar-refractivity contribution in [2.75, 3.05) is 23.7 Å². The Hall–Kier alpha value is -1.20. The van der Waals surface area contributed by atoms with Gasteiger partial charge in [-0.25, -0.2) is 4.79 Å². The number of nitrogens with zero attached hydrogens (tertiary/aromatic N) is 1. The fourth-order valence-corrected chi connectivity index (χ4v) is 4.89. The van der Waals surface area contributed by atoms with Crippen LogP contribution >= 0.6 is 11.8 Å². The Morgan fingerprint density at radius 1 is 1.40 bits per heavy atom. The Labute approximate surface area is 155 Å². The predicted molar refractivity (Wildman–Crippen MR) is 106 cm³/mol. The zero-order valence-electron chi connectivity index (χ0n) is 15.9. The molecular formula is C20H30N2O2S. The maximum Gasteiger partial charge on any atom is 0.414 e. The van der Waals surface area contributed by atoms with Crippen LogP contribution in [0.3, 0.4) is 0 Å². The van der Waals surface area contributed by atoms with Crippen LogP contribution in [0.25, 0.3) is 0 Å². The molecule has 1 aromatic rings. The lowest BCUT2D eigenvalue weighted by Gasteiger charge is -2.27. The Kier molecular flexibility index (Phi) is 5.35. The molecule has 138 valence electrons. The van der Waals surface area contributed by atoms with Crippen LogP contribution in [0.2, 0.25) is 0 Å². The number of thioether (sulfide) groups is 1. The van der Waals surface area contributed by atoms with Gasteiger partial charge in [0.1, 0.15) is 5.60 Å². The van der Waals surface area contributed by atoms with Crippen LogP contribution in [0.1, 0.15) is 51.7 Å². The number of carbonyl (C=O) groups excluding carboxylic acids is 1. The SMILES string of the molecule is CC(C)(C)OC(=O)N1CCc2cccc(CNCC3(C)CCCS3)c21. The van der Waals surface area contributed by atoms with Crippen LogP contribution < -0.4 is 10.2 Å². The highest BCUT2D eigenvalue weighted by Gasteiger charge is 2.32. The standard InChI is InChI=1S/C20H30N2O2S/c1-19(2,3)24-18(23)22-11-9-15-7-5-8-16(17(15)22)13-21-14-20(4)10-6-12-25-20/h5,7-8,21H,6,9-14H2,1-4H3. The quantitative estimate of drug-likeness (QED) is 0.864. The Morgan fingerprint density at radius 3 is 2.88 bits per heavy atom. The third-order valence-electron chi connectivity index (χ3n) is 4.81. The molecule has 0 bridgehead atoms. The highest BCUT2D eigenvalue weighted by Crippen LogP contribution is 2.37. The lowest BCUT2D eigenvalue weighted by atomic mass is 10.0. The predicted octanol–water partition coefficient (Wildman–Crippen LogP) is 4.36. The molecule has 1 N–H and O–H groups in total. The van der Waals surface area contributed by atoms with Gasteiger partial charge in [-0.05, 0) is 63.8 Å². The maximum atomic E-state index is 12.6. The molecule has 1 amide bonds. The molecule has 2 heterocycles. The van der Waals surface area contributed by atoms with E-state index in [0.717, 1.165) is 25.2 Å². The Bertz CT molecular complexity index is 633. The molecule has 1 unspecified atom stereocenters. The number of carbonyl (C=O) groups is 1. The smallest absolute Gasteiger partial charge is 0.414 e. The van der Waals surface area contributed by atoms with Gasteiger partial charge in [-0.2, -0.15) is 11.8 Å². The molecule has 2 aliphatic rings. The number of rotatable bonds is 4. The van der Waals surface area contributed by atoms with E-state index in [1.807, 2.05) is 25.7 Å². The summed E-state index contributed by atoms with van der Waals surface area (Å²) in [5.41, 5.74) is 3.01. The normalized spacial score (nSPS) is 23.0. The van der Waals surface area contributed by atoms with Crippen LogP contribution in [0.5, 0.6) is 0 Å². The molecule has 0 aromatic heterocycles. The minimum Gasteiger partial charge on any atom is -0.443 e. The number of anilines is 1. The third kappa shape index (κ3) is 4.50. The number of nitrogens with one attached hydrogen (secondary N) is 1. The van der Waals surface area contributed by atoms with Crippen LogP contribution in [-0.2, 0) is 17.7 Å². The summed E-state index contributed by atoms with van der Waals surface area (Å²) in [4.78, 5) is 14.4. The zero-order chi connectivity index (χ0) is 18.1. The monoisotopic (exact) mass is 362 g/mol. The highest BCUT2D eigenvalue weighted by atomic mass is 32.2. The van der Waals surface area contributed by atoms with E-state index in [4.69, 9.17) is 4.74 Å². The van der Waals surface area contributed by atoms with Gasteiger partial charge in [0, 0.05) is 24.4 Å². The van der Waals surface area contributed by atoms with Crippen LogP contribution in [-0.4, -0.2) is 35.3 Å². The fourth-order valence-electron chi connectivity index (χ4n) is 3.62. The summed E-state index contributed by atoms with van der Waals surface area (Å²) in [6, 6.07) is 6.34. The van der Waals surface area contributed by atoms with Gasteiger partial charge in [-0.3, -0.25) is 4.90 Å². The van der Waals surface area contributed by atoms with Crippen molar-refractivity contribution in [1.29, 1.82) is 0 Å². The summed E-state index contributed by atoms with van der Waals surface area (Å²) in [7, 11) is 0. The zero-order valence-corrected chi connectivity index (χ0v) is 16.7. The van der Waals surface area contributed by atoms with Crippen molar-refractivity contribution in [1.82, 2.24) is 5.32 Å². The van der Waals surface area contributed by atoms with Gasteiger partial charge in [0.25, 0.3) is 0 Å². The molecule has 2 aliphatic heterocycles. The second-order valence-corrected chi connectivity index (χ2v) is 9.99. The topological polar surface area (TPSA) is 41.6 Å². The van der Waals surface area contributed by atoms with Crippen molar-refractivity contribution in [3.05, 3.63) is 29.3 Å². The fraction of sp³-hybridized carbons (Fsp3) is 0.650. The second kappa shape index (κ2) is 7.20. The van der Waals surface area contributed by atoms with Gasteiger partial charge in [0.2, 0.25) is 0 Å². The lowest BCUT2D eigenvalue weighted by Crippen LogP contribution is -2.37. The average molecular weight is 363 g/mol. The molecule has 25 heavy (non-hydrogen) atoms. The van der Waals surface area contributed by atoms with Crippen molar-refractivity contribution in [2.24, 2.45) is 0 Å². The van der Waals surface area contributed by atoms with Crippen LogP contribution in [0, 0.1) is 0 Å². The van der Waals surface area contributed by atoms with Gasteiger partial charge in [0.15, 0.2) is 0 Å².